The van der Waals surface area contributed by atoms with Gasteiger partial charge in [-0.25, -0.2) is 4.98 Å². The number of alkyl halides is 3. The lowest BCUT2D eigenvalue weighted by atomic mass is 10.2. The van der Waals surface area contributed by atoms with Crippen molar-refractivity contribution in [2.75, 3.05) is 17.2 Å². The Morgan fingerprint density at radius 1 is 1.39 bits per heavy atom. The first-order valence-electron chi connectivity index (χ1n) is 9.20. The van der Waals surface area contributed by atoms with Gasteiger partial charge in [0.15, 0.2) is 0 Å². The molecule has 2 atom stereocenters. The molecule has 1 unspecified atom stereocenters. The van der Waals surface area contributed by atoms with Crippen molar-refractivity contribution in [2.24, 2.45) is 5.41 Å². The molecule has 28 heavy (non-hydrogen) atoms. The van der Waals surface area contributed by atoms with Gasteiger partial charge < -0.3 is 10.6 Å². The lowest BCUT2D eigenvalue weighted by Gasteiger charge is -2.13. The monoisotopic (exact) mass is 391 g/mol. The molecular weight excluding hydrogens is 371 g/mol. The van der Waals surface area contributed by atoms with Gasteiger partial charge in [-0.15, -0.1) is 0 Å². The van der Waals surface area contributed by atoms with E-state index in [0.29, 0.717) is 18.2 Å². The van der Waals surface area contributed by atoms with Crippen LogP contribution < -0.4 is 10.6 Å². The molecule has 2 aromatic heterocycles. The van der Waals surface area contributed by atoms with E-state index in [2.05, 4.69) is 31.8 Å². The summed E-state index contributed by atoms with van der Waals surface area (Å²) in [7, 11) is 0. The number of nitrogens with zero attached hydrogens (tertiary/aromatic N) is 5. The second kappa shape index (κ2) is 6.36. The summed E-state index contributed by atoms with van der Waals surface area (Å²) in [5.74, 6) is 0.134. The lowest BCUT2D eigenvalue weighted by Crippen LogP contribution is -2.14. The molecule has 2 N–H and O–H groups in total. The first-order valence-corrected chi connectivity index (χ1v) is 9.20. The van der Waals surface area contributed by atoms with E-state index >= 15 is 0 Å². The maximum atomic E-state index is 13.1. The zero-order valence-corrected chi connectivity index (χ0v) is 15.5. The summed E-state index contributed by atoms with van der Waals surface area (Å²) in [6.07, 6.45) is 0.811. The summed E-state index contributed by atoms with van der Waals surface area (Å²) in [5.41, 5.74) is 0.200. The first-order chi connectivity index (χ1) is 13.2. The van der Waals surface area contributed by atoms with Crippen LogP contribution in [0.3, 0.4) is 0 Å². The van der Waals surface area contributed by atoms with Gasteiger partial charge in [0.1, 0.15) is 11.4 Å². The fraction of sp³-hybridized carbons (Fsp3) is 0.556. The molecule has 0 spiro atoms. The molecule has 2 aromatic rings. The Labute approximate surface area is 160 Å². The molecule has 2 heterocycles. The van der Waals surface area contributed by atoms with E-state index in [9.17, 15) is 18.4 Å². The molecule has 2 fully saturated rings. The fourth-order valence-electron chi connectivity index (χ4n) is 3.24. The number of hydrogen-bond donors (Lipinski definition) is 2. The largest absolute Gasteiger partial charge is 0.421 e. The van der Waals surface area contributed by atoms with Crippen LogP contribution >= 0.6 is 0 Å². The van der Waals surface area contributed by atoms with Gasteiger partial charge in [-0.05, 0) is 33.1 Å². The minimum Gasteiger partial charge on any atom is -0.370 e. The Morgan fingerprint density at radius 2 is 2.14 bits per heavy atom. The molecule has 7 nitrogen and oxygen atoms in total. The van der Waals surface area contributed by atoms with Crippen LogP contribution in [0.4, 0.5) is 30.6 Å². The van der Waals surface area contributed by atoms with Gasteiger partial charge in [0.05, 0.1) is 28.9 Å². The molecule has 0 saturated heterocycles. The van der Waals surface area contributed by atoms with Crippen LogP contribution in [0.5, 0.6) is 0 Å². The minimum absolute atomic E-state index is 0.0105. The normalized spacial score (nSPS) is 23.9. The van der Waals surface area contributed by atoms with Crippen molar-refractivity contribution < 1.29 is 13.2 Å². The number of nitriles is 1. The van der Waals surface area contributed by atoms with E-state index in [-0.39, 0.29) is 17.8 Å². The van der Waals surface area contributed by atoms with Crippen LogP contribution in [-0.2, 0) is 6.18 Å². The smallest absolute Gasteiger partial charge is 0.370 e. The Bertz CT molecular complexity index is 942. The second-order valence-corrected chi connectivity index (χ2v) is 7.54. The third-order valence-corrected chi connectivity index (χ3v) is 5.18. The maximum Gasteiger partial charge on any atom is 0.421 e. The molecule has 0 bridgehead atoms. The van der Waals surface area contributed by atoms with E-state index in [1.54, 1.807) is 17.8 Å². The molecule has 0 aliphatic heterocycles. The highest BCUT2D eigenvalue weighted by atomic mass is 19.4. The lowest BCUT2D eigenvalue weighted by molar-refractivity contribution is -0.137. The highest BCUT2D eigenvalue weighted by Gasteiger charge is 2.53. The molecule has 2 aliphatic rings. The zero-order valence-electron chi connectivity index (χ0n) is 15.5. The molecule has 0 radical (unpaired) electrons. The standard InChI is InChI=1S/C18H20F3N7/c1-3-23-15-11(18(19,20)21)7-24-16(26-15)25-12-8-28(13-6-17(13,2)9-22)27-14(12)10-4-5-10/h7-8,10,13H,3-6H2,1-2H3,(H2,23,24,25,26)/t13?,17-/m1/s1. The number of hydrogen-bond acceptors (Lipinski definition) is 6. The molecule has 2 aliphatic carbocycles. The van der Waals surface area contributed by atoms with Crippen molar-refractivity contribution in [3.05, 3.63) is 23.7 Å². The van der Waals surface area contributed by atoms with Gasteiger partial charge in [0.25, 0.3) is 0 Å². The van der Waals surface area contributed by atoms with Gasteiger partial charge in [-0.1, -0.05) is 0 Å². The van der Waals surface area contributed by atoms with E-state index < -0.39 is 17.2 Å². The van der Waals surface area contributed by atoms with E-state index in [0.717, 1.165) is 31.2 Å². The SMILES string of the molecule is CCNc1nc(Nc2cn(C3C[C@]3(C)C#N)nc2C2CC2)ncc1C(F)(F)F. The third kappa shape index (κ3) is 3.37. The van der Waals surface area contributed by atoms with Crippen LogP contribution in [-0.4, -0.2) is 26.3 Å². The molecule has 0 aromatic carbocycles. The number of rotatable bonds is 6. The predicted molar refractivity (Wildman–Crippen MR) is 96.1 cm³/mol. The summed E-state index contributed by atoms with van der Waals surface area (Å²) >= 11 is 0. The number of aromatic nitrogens is 4. The van der Waals surface area contributed by atoms with Crippen LogP contribution in [0.15, 0.2) is 12.4 Å². The molecule has 2 saturated carbocycles. The Hall–Kier alpha value is -2.83. The highest BCUT2D eigenvalue weighted by Crippen LogP contribution is 2.56. The van der Waals surface area contributed by atoms with Crippen LogP contribution in [0.1, 0.15) is 56.3 Å². The summed E-state index contributed by atoms with van der Waals surface area (Å²) in [4.78, 5) is 7.86. The van der Waals surface area contributed by atoms with Gasteiger partial charge in [0, 0.05) is 24.9 Å². The zero-order chi connectivity index (χ0) is 20.1. The summed E-state index contributed by atoms with van der Waals surface area (Å²) in [5, 5.41) is 19.6. The number of halogens is 3. The fourth-order valence-corrected chi connectivity index (χ4v) is 3.24. The molecule has 10 heteroatoms. The van der Waals surface area contributed by atoms with Crippen LogP contribution in [0, 0.1) is 16.7 Å². The molecule has 148 valence electrons. The maximum absolute atomic E-state index is 13.1. The van der Waals surface area contributed by atoms with Crippen molar-refractivity contribution in [1.29, 1.82) is 5.26 Å². The van der Waals surface area contributed by atoms with Gasteiger partial charge in [0.2, 0.25) is 5.95 Å². The highest BCUT2D eigenvalue weighted by molar-refractivity contribution is 5.59. The van der Waals surface area contributed by atoms with Crippen molar-refractivity contribution in [3.63, 3.8) is 0 Å². The van der Waals surface area contributed by atoms with Crippen LogP contribution in [0.25, 0.3) is 0 Å². The third-order valence-electron chi connectivity index (χ3n) is 5.18. The number of anilines is 3. The quantitative estimate of drug-likeness (QED) is 0.766. The van der Waals surface area contributed by atoms with Crippen molar-refractivity contribution in [1.82, 2.24) is 19.7 Å². The molecular formula is C18H20F3N7. The Kier molecular flexibility index (Phi) is 4.21. The predicted octanol–water partition coefficient (Wildman–Crippen LogP) is 4.22. The van der Waals surface area contributed by atoms with Gasteiger partial charge in [-0.3, -0.25) is 4.68 Å². The van der Waals surface area contributed by atoms with Gasteiger partial charge >= 0.3 is 6.18 Å². The van der Waals surface area contributed by atoms with E-state index in [1.807, 2.05) is 6.92 Å². The second-order valence-electron chi connectivity index (χ2n) is 7.54. The Balaban J connectivity index is 1.63. The topological polar surface area (TPSA) is 91.5 Å². The minimum atomic E-state index is -4.53. The molecule has 0 amide bonds. The van der Waals surface area contributed by atoms with Crippen molar-refractivity contribution in [3.8, 4) is 6.07 Å². The summed E-state index contributed by atoms with van der Waals surface area (Å²) in [6, 6.07) is 2.32. The van der Waals surface area contributed by atoms with Crippen molar-refractivity contribution in [2.45, 2.75) is 51.2 Å². The molecule has 4 rings (SSSR count). The number of nitrogens with one attached hydrogen (secondary N) is 2. The van der Waals surface area contributed by atoms with E-state index in [4.69, 9.17) is 0 Å². The summed E-state index contributed by atoms with van der Waals surface area (Å²) in [6.45, 7) is 3.90. The first kappa shape index (κ1) is 18.5. The van der Waals surface area contributed by atoms with E-state index in [1.165, 1.54) is 0 Å². The van der Waals surface area contributed by atoms with Crippen LogP contribution in [0.2, 0.25) is 0 Å². The average molecular weight is 391 g/mol. The van der Waals surface area contributed by atoms with Gasteiger partial charge in [-0.2, -0.15) is 28.5 Å². The summed E-state index contributed by atoms with van der Waals surface area (Å²) < 4.78 is 41.2. The average Bonchev–Trinajstić information content (AvgIpc) is 3.54. The Morgan fingerprint density at radius 3 is 2.71 bits per heavy atom. The van der Waals surface area contributed by atoms with Crippen molar-refractivity contribution >= 4 is 17.5 Å².